The van der Waals surface area contributed by atoms with E-state index >= 15 is 0 Å². The average molecular weight is 505 g/mol. The minimum absolute atomic E-state index is 0.0517. The smallest absolute Gasteiger partial charge is 0.244 e. The molecule has 2 heterocycles. The minimum atomic E-state index is -3.95. The molecule has 11 heteroatoms. The van der Waals surface area contributed by atoms with E-state index in [0.29, 0.717) is 43.1 Å². The van der Waals surface area contributed by atoms with E-state index in [4.69, 9.17) is 20.9 Å². The molecule has 180 valence electrons. The molecule has 0 saturated carbocycles. The van der Waals surface area contributed by atoms with E-state index in [1.807, 2.05) is 24.3 Å². The molecule has 2 aromatic carbocycles. The van der Waals surface area contributed by atoms with Crippen LogP contribution in [0.1, 0.15) is 24.3 Å². The summed E-state index contributed by atoms with van der Waals surface area (Å²) < 4.78 is 38.5. The lowest BCUT2D eigenvalue weighted by molar-refractivity contribution is -0.126. The predicted octanol–water partition coefficient (Wildman–Crippen LogP) is 3.42. The zero-order valence-corrected chi connectivity index (χ0v) is 20.4. The van der Waals surface area contributed by atoms with Gasteiger partial charge in [-0.05, 0) is 37.1 Å². The minimum Gasteiger partial charge on any atom is -0.496 e. The number of piperidine rings is 1. The van der Waals surface area contributed by atoms with Crippen LogP contribution in [0.5, 0.6) is 5.75 Å². The zero-order valence-electron chi connectivity index (χ0n) is 18.8. The van der Waals surface area contributed by atoms with Crippen molar-refractivity contribution in [1.82, 2.24) is 19.8 Å². The average Bonchev–Trinajstić information content (AvgIpc) is 3.29. The molecule has 1 aromatic heterocycles. The van der Waals surface area contributed by atoms with Crippen LogP contribution in [0.25, 0.3) is 11.4 Å². The van der Waals surface area contributed by atoms with Gasteiger partial charge in [0.05, 0.1) is 18.1 Å². The summed E-state index contributed by atoms with van der Waals surface area (Å²) >= 11 is 6.28. The maximum Gasteiger partial charge on any atom is 0.244 e. The Labute approximate surface area is 203 Å². The van der Waals surface area contributed by atoms with Gasteiger partial charge in [0, 0.05) is 37.7 Å². The largest absolute Gasteiger partial charge is 0.496 e. The number of carbonyl (C=O) groups is 1. The van der Waals surface area contributed by atoms with Gasteiger partial charge in [0.15, 0.2) is 0 Å². The van der Waals surface area contributed by atoms with E-state index in [1.165, 1.54) is 16.4 Å². The first-order valence-electron chi connectivity index (χ1n) is 10.8. The van der Waals surface area contributed by atoms with Gasteiger partial charge in [0.1, 0.15) is 10.6 Å². The lowest BCUT2D eigenvalue weighted by atomic mass is 9.98. The molecule has 9 nitrogen and oxygen atoms in total. The molecular weight excluding hydrogens is 480 g/mol. The number of halogens is 1. The molecule has 4 rings (SSSR count). The number of amides is 1. The van der Waals surface area contributed by atoms with Gasteiger partial charge in [-0.3, -0.25) is 4.79 Å². The van der Waals surface area contributed by atoms with Crippen molar-refractivity contribution < 1.29 is 22.5 Å². The zero-order chi connectivity index (χ0) is 24.3. The fraction of sp³-hybridized carbons (Fsp3) is 0.348. The normalized spacial score (nSPS) is 16.9. The molecule has 1 amide bonds. The molecule has 1 N–H and O–H groups in total. The van der Waals surface area contributed by atoms with Crippen LogP contribution in [0.4, 0.5) is 0 Å². The summed E-state index contributed by atoms with van der Waals surface area (Å²) in [5.74, 6) is 0.653. The summed E-state index contributed by atoms with van der Waals surface area (Å²) in [7, 11) is -2.37. The number of para-hydroxylation sites is 1. The third kappa shape index (κ3) is 5.08. The van der Waals surface area contributed by atoms with Crippen molar-refractivity contribution in [2.75, 3.05) is 20.2 Å². The van der Waals surface area contributed by atoms with Gasteiger partial charge >= 0.3 is 0 Å². The Morgan fingerprint density at radius 2 is 2.09 bits per heavy atom. The number of hydrogen-bond donors (Lipinski definition) is 1. The third-order valence-electron chi connectivity index (χ3n) is 5.74. The highest BCUT2D eigenvalue weighted by molar-refractivity contribution is 7.89. The van der Waals surface area contributed by atoms with E-state index in [2.05, 4.69) is 15.5 Å². The molecule has 1 aliphatic rings. The molecule has 0 radical (unpaired) electrons. The van der Waals surface area contributed by atoms with E-state index in [0.717, 1.165) is 5.56 Å². The summed E-state index contributed by atoms with van der Waals surface area (Å²) in [6.45, 7) is 2.32. The predicted molar refractivity (Wildman–Crippen MR) is 126 cm³/mol. The molecule has 34 heavy (non-hydrogen) atoms. The Morgan fingerprint density at radius 3 is 2.82 bits per heavy atom. The fourth-order valence-electron chi connectivity index (χ4n) is 3.95. The van der Waals surface area contributed by atoms with Crippen molar-refractivity contribution in [2.24, 2.45) is 5.92 Å². The number of hydrogen-bond acceptors (Lipinski definition) is 7. The topological polar surface area (TPSA) is 115 Å². The molecule has 1 aliphatic heterocycles. The number of carbonyl (C=O) groups excluding carboxylic acids is 1. The Bertz CT molecular complexity index is 1290. The number of aromatic nitrogens is 2. The molecule has 3 aromatic rings. The van der Waals surface area contributed by atoms with Crippen LogP contribution in [0.2, 0.25) is 5.02 Å². The molecule has 0 spiro atoms. The van der Waals surface area contributed by atoms with Crippen molar-refractivity contribution in [3.05, 3.63) is 58.9 Å². The highest BCUT2D eigenvalue weighted by Crippen LogP contribution is 2.31. The Morgan fingerprint density at radius 1 is 1.29 bits per heavy atom. The van der Waals surface area contributed by atoms with Gasteiger partial charge in [0.2, 0.25) is 27.6 Å². The summed E-state index contributed by atoms with van der Waals surface area (Å²) in [5.41, 5.74) is 1.32. The number of rotatable bonds is 7. The first-order chi connectivity index (χ1) is 16.3. The molecule has 0 aliphatic carbocycles. The second kappa shape index (κ2) is 10.1. The Balaban J connectivity index is 1.49. The molecular formula is C23H25ClN4O5S. The van der Waals surface area contributed by atoms with Gasteiger partial charge in [-0.2, -0.15) is 9.29 Å². The first-order valence-corrected chi connectivity index (χ1v) is 12.6. The number of sulfonamides is 1. The second-order valence-electron chi connectivity index (χ2n) is 8.01. The molecule has 1 saturated heterocycles. The van der Waals surface area contributed by atoms with Crippen LogP contribution in [-0.2, 0) is 21.4 Å². The van der Waals surface area contributed by atoms with Crippen LogP contribution in [0, 0.1) is 12.8 Å². The van der Waals surface area contributed by atoms with Crippen molar-refractivity contribution in [3.8, 4) is 17.1 Å². The monoisotopic (exact) mass is 504 g/mol. The van der Waals surface area contributed by atoms with Crippen LogP contribution in [0.3, 0.4) is 0 Å². The molecule has 0 bridgehead atoms. The second-order valence-corrected chi connectivity index (χ2v) is 10.3. The Kier molecular flexibility index (Phi) is 7.20. The highest BCUT2D eigenvalue weighted by Gasteiger charge is 2.34. The quantitative estimate of drug-likeness (QED) is 0.524. The number of nitrogens with zero attached hydrogens (tertiary/aromatic N) is 3. The van der Waals surface area contributed by atoms with Crippen LogP contribution < -0.4 is 10.1 Å². The summed E-state index contributed by atoms with van der Waals surface area (Å²) in [5, 5.41) is 6.84. The number of nitrogens with one attached hydrogen (secondary N) is 1. The molecule has 1 unspecified atom stereocenters. The van der Waals surface area contributed by atoms with Gasteiger partial charge in [0.25, 0.3) is 0 Å². The third-order valence-corrected chi connectivity index (χ3v) is 8.08. The summed E-state index contributed by atoms with van der Waals surface area (Å²) in [6, 6.07) is 12.0. The first kappa shape index (κ1) is 24.2. The SMILES string of the molecule is COc1ccccc1CNC(=O)C1CCCN(S(=O)(=O)c2cc(-c3noc(C)n3)ccc2Cl)C1. The fourth-order valence-corrected chi connectivity index (χ4v) is 5.97. The van der Waals surface area contributed by atoms with Gasteiger partial charge in [-0.1, -0.05) is 35.0 Å². The maximum absolute atomic E-state index is 13.5. The number of aryl methyl sites for hydroxylation is 1. The number of methoxy groups -OCH3 is 1. The van der Waals surface area contributed by atoms with Crippen molar-refractivity contribution in [2.45, 2.75) is 31.2 Å². The van der Waals surface area contributed by atoms with Crippen molar-refractivity contribution in [3.63, 3.8) is 0 Å². The van der Waals surface area contributed by atoms with E-state index in [-0.39, 0.29) is 28.2 Å². The number of benzene rings is 2. The van der Waals surface area contributed by atoms with Crippen molar-refractivity contribution in [1.29, 1.82) is 0 Å². The lowest BCUT2D eigenvalue weighted by Crippen LogP contribution is -2.45. The van der Waals surface area contributed by atoms with Crippen LogP contribution in [0.15, 0.2) is 51.9 Å². The highest BCUT2D eigenvalue weighted by atomic mass is 35.5. The Hall–Kier alpha value is -2.95. The number of ether oxygens (including phenoxy) is 1. The standard InChI is InChI=1S/C23H25ClN4O5S/c1-15-26-22(27-33-15)16-9-10-19(24)21(12-16)34(30,31)28-11-5-7-18(14-28)23(29)25-13-17-6-3-4-8-20(17)32-2/h3-4,6,8-10,12,18H,5,7,11,13-14H2,1-2H3,(H,25,29). The maximum atomic E-state index is 13.5. The molecule has 1 fully saturated rings. The van der Waals surface area contributed by atoms with E-state index in [9.17, 15) is 13.2 Å². The molecule has 1 atom stereocenters. The van der Waals surface area contributed by atoms with E-state index in [1.54, 1.807) is 20.1 Å². The van der Waals surface area contributed by atoms with Crippen molar-refractivity contribution >= 4 is 27.5 Å². The van der Waals surface area contributed by atoms with Gasteiger partial charge in [-0.15, -0.1) is 0 Å². The van der Waals surface area contributed by atoms with Crippen LogP contribution in [-0.4, -0.2) is 49.0 Å². The summed E-state index contributed by atoms with van der Waals surface area (Å²) in [4.78, 5) is 17.0. The van der Waals surface area contributed by atoms with Gasteiger partial charge in [-0.25, -0.2) is 8.42 Å². The van der Waals surface area contributed by atoms with Gasteiger partial charge < -0.3 is 14.6 Å². The lowest BCUT2D eigenvalue weighted by Gasteiger charge is -2.31. The van der Waals surface area contributed by atoms with Crippen LogP contribution >= 0.6 is 11.6 Å². The van der Waals surface area contributed by atoms with E-state index < -0.39 is 15.9 Å². The summed E-state index contributed by atoms with van der Waals surface area (Å²) in [6.07, 6.45) is 1.16.